The van der Waals surface area contributed by atoms with E-state index in [2.05, 4.69) is 37.4 Å². The third-order valence-corrected chi connectivity index (χ3v) is 3.90. The maximum Gasteiger partial charge on any atom is 0.257 e. The van der Waals surface area contributed by atoms with Crippen LogP contribution in [0.5, 0.6) is 0 Å². The number of nitrogens with zero attached hydrogens (tertiary/aromatic N) is 5. The third kappa shape index (κ3) is 3.16. The van der Waals surface area contributed by atoms with Gasteiger partial charge in [0.2, 0.25) is 5.82 Å². The van der Waals surface area contributed by atoms with Crippen LogP contribution in [0.3, 0.4) is 0 Å². The number of furan rings is 1. The Bertz CT molecular complexity index is 1210. The minimum absolute atomic E-state index is 0.123. The lowest BCUT2D eigenvalue weighted by Crippen LogP contribution is -2.24. The smallest absolute Gasteiger partial charge is 0.257 e. The fourth-order valence-electron chi connectivity index (χ4n) is 2.64. The minimum atomic E-state index is -0.298. The molecule has 4 aromatic heterocycles. The Morgan fingerprint density at radius 2 is 2.21 bits per heavy atom. The summed E-state index contributed by atoms with van der Waals surface area (Å²) < 4.78 is 11.8. The van der Waals surface area contributed by atoms with Crippen molar-refractivity contribution in [2.45, 2.75) is 13.8 Å². The van der Waals surface area contributed by atoms with Gasteiger partial charge in [-0.05, 0) is 31.9 Å². The summed E-state index contributed by atoms with van der Waals surface area (Å²) in [7, 11) is 0. The molecule has 4 aromatic rings. The van der Waals surface area contributed by atoms with Crippen molar-refractivity contribution in [3.8, 4) is 23.4 Å². The Hall–Kier alpha value is -4.13. The second-order valence-corrected chi connectivity index (χ2v) is 5.88. The molecule has 10 heteroatoms. The zero-order valence-electron chi connectivity index (χ0n) is 15.1. The Kier molecular flexibility index (Phi) is 4.25. The predicted molar refractivity (Wildman–Crippen MR) is 98.1 cm³/mol. The molecule has 0 saturated carbocycles. The first-order valence-corrected chi connectivity index (χ1v) is 8.29. The molecule has 0 unspecified atom stereocenters. The van der Waals surface area contributed by atoms with E-state index < -0.39 is 0 Å². The number of carbonyl (C=O) groups excluding carboxylic acids is 1. The molecule has 0 bridgehead atoms. The van der Waals surface area contributed by atoms with Gasteiger partial charge in [0, 0.05) is 0 Å². The fraction of sp³-hybridized carbons (Fsp3) is 0.167. The first-order valence-electron chi connectivity index (χ1n) is 8.29. The zero-order valence-corrected chi connectivity index (χ0v) is 15.1. The molecular formula is C18H15N7O3. The topological polar surface area (TPSA) is 137 Å². The quantitative estimate of drug-likeness (QED) is 0.510. The maximum atomic E-state index is 12.2. The molecule has 0 radical (unpaired) electrons. The normalized spacial score (nSPS) is 10.6. The number of hydrogen-bond acceptors (Lipinski definition) is 8. The molecule has 0 aliphatic carbocycles. The highest BCUT2D eigenvalue weighted by molar-refractivity contribution is 5.96. The monoisotopic (exact) mass is 377 g/mol. The van der Waals surface area contributed by atoms with Crippen molar-refractivity contribution >= 4 is 17.4 Å². The van der Waals surface area contributed by atoms with Crippen molar-refractivity contribution < 1.29 is 13.7 Å². The fourth-order valence-corrected chi connectivity index (χ4v) is 2.64. The van der Waals surface area contributed by atoms with Crippen LogP contribution < -0.4 is 11.1 Å². The standard InChI is InChI=1S/C18H15N7O3/c1-10-14(11(2)28-24-10)18(26)20-7-3-5-12-9-25-17(15(19)21-12)22-16(23-25)13-6-4-8-27-13/h4,6,8-9H,7H2,1-2H3,(H2,19,21)(H,20,26). The van der Waals surface area contributed by atoms with Crippen molar-refractivity contribution in [1.29, 1.82) is 0 Å². The molecule has 0 aliphatic heterocycles. The van der Waals surface area contributed by atoms with Crippen molar-refractivity contribution in [2.24, 2.45) is 0 Å². The molecule has 3 N–H and O–H groups in total. The minimum Gasteiger partial charge on any atom is -0.461 e. The summed E-state index contributed by atoms with van der Waals surface area (Å²) in [6.45, 7) is 3.50. The van der Waals surface area contributed by atoms with Gasteiger partial charge >= 0.3 is 0 Å². The van der Waals surface area contributed by atoms with E-state index in [0.717, 1.165) is 0 Å². The van der Waals surface area contributed by atoms with Crippen LogP contribution in [0, 0.1) is 25.7 Å². The number of nitrogens with two attached hydrogens (primary N) is 1. The van der Waals surface area contributed by atoms with Gasteiger partial charge in [-0.2, -0.15) is 0 Å². The second-order valence-electron chi connectivity index (χ2n) is 5.88. The van der Waals surface area contributed by atoms with Gasteiger partial charge in [0.25, 0.3) is 5.91 Å². The Morgan fingerprint density at radius 3 is 2.93 bits per heavy atom. The number of rotatable bonds is 3. The van der Waals surface area contributed by atoms with Crippen LogP contribution in [0.1, 0.15) is 27.5 Å². The van der Waals surface area contributed by atoms with Gasteiger partial charge in [0.15, 0.2) is 17.2 Å². The van der Waals surface area contributed by atoms with Crippen molar-refractivity contribution in [3.05, 3.63) is 47.3 Å². The van der Waals surface area contributed by atoms with Gasteiger partial charge in [-0.25, -0.2) is 14.5 Å². The van der Waals surface area contributed by atoms with E-state index in [1.54, 1.807) is 32.2 Å². The highest BCUT2D eigenvalue weighted by atomic mass is 16.5. The first kappa shape index (κ1) is 17.3. The van der Waals surface area contributed by atoms with E-state index in [9.17, 15) is 4.79 Å². The summed E-state index contributed by atoms with van der Waals surface area (Å²) in [5.74, 6) is 6.95. The molecule has 4 heterocycles. The highest BCUT2D eigenvalue weighted by Gasteiger charge is 2.16. The van der Waals surface area contributed by atoms with Gasteiger partial charge in [-0.15, -0.1) is 5.10 Å². The number of anilines is 1. The van der Waals surface area contributed by atoms with Crippen LogP contribution in [0.4, 0.5) is 5.82 Å². The summed E-state index contributed by atoms with van der Waals surface area (Å²) in [6, 6.07) is 3.50. The van der Waals surface area contributed by atoms with E-state index in [-0.39, 0.29) is 18.3 Å². The van der Waals surface area contributed by atoms with E-state index in [0.29, 0.717) is 39.9 Å². The molecular weight excluding hydrogens is 362 g/mol. The van der Waals surface area contributed by atoms with E-state index >= 15 is 0 Å². The molecule has 0 aromatic carbocycles. The largest absolute Gasteiger partial charge is 0.461 e. The Balaban J connectivity index is 1.50. The molecule has 140 valence electrons. The molecule has 28 heavy (non-hydrogen) atoms. The van der Waals surface area contributed by atoms with Crippen LogP contribution in [-0.2, 0) is 0 Å². The molecule has 0 saturated heterocycles. The zero-order chi connectivity index (χ0) is 19.7. The number of amides is 1. The number of aryl methyl sites for hydroxylation is 2. The van der Waals surface area contributed by atoms with Crippen molar-refractivity contribution in [1.82, 2.24) is 30.1 Å². The highest BCUT2D eigenvalue weighted by Crippen LogP contribution is 2.18. The molecule has 1 amide bonds. The average molecular weight is 377 g/mol. The van der Waals surface area contributed by atoms with Crippen LogP contribution in [-0.4, -0.2) is 37.2 Å². The number of nitrogen functional groups attached to an aromatic ring is 1. The van der Waals surface area contributed by atoms with Gasteiger partial charge in [-0.1, -0.05) is 11.1 Å². The van der Waals surface area contributed by atoms with E-state index in [4.69, 9.17) is 14.7 Å². The lowest BCUT2D eigenvalue weighted by atomic mass is 10.2. The second kappa shape index (κ2) is 6.88. The summed E-state index contributed by atoms with van der Waals surface area (Å²) in [5, 5.41) is 10.8. The van der Waals surface area contributed by atoms with Gasteiger partial charge < -0.3 is 20.0 Å². The molecule has 0 spiro atoms. The number of aromatic nitrogens is 5. The average Bonchev–Trinajstić information content (AvgIpc) is 3.38. The van der Waals surface area contributed by atoms with Crippen LogP contribution in [0.25, 0.3) is 17.2 Å². The molecule has 0 fully saturated rings. The van der Waals surface area contributed by atoms with Gasteiger partial charge in [0.05, 0.1) is 24.7 Å². The van der Waals surface area contributed by atoms with E-state index in [1.807, 2.05) is 0 Å². The van der Waals surface area contributed by atoms with Crippen LogP contribution in [0.2, 0.25) is 0 Å². The third-order valence-electron chi connectivity index (χ3n) is 3.90. The Labute approximate surface area is 158 Å². The number of nitrogens with one attached hydrogen (secondary N) is 1. The number of carbonyl (C=O) groups is 1. The summed E-state index contributed by atoms with van der Waals surface area (Å²) in [5.41, 5.74) is 7.70. The van der Waals surface area contributed by atoms with Gasteiger partial charge in [0.1, 0.15) is 17.0 Å². The van der Waals surface area contributed by atoms with E-state index in [1.165, 1.54) is 10.8 Å². The predicted octanol–water partition coefficient (Wildman–Crippen LogP) is 1.35. The summed E-state index contributed by atoms with van der Waals surface area (Å²) in [4.78, 5) is 20.7. The van der Waals surface area contributed by atoms with Crippen LogP contribution in [0.15, 0.2) is 33.5 Å². The number of fused-ring (bicyclic) bond motifs is 1. The molecule has 4 rings (SSSR count). The first-order chi connectivity index (χ1) is 13.5. The van der Waals surface area contributed by atoms with Crippen molar-refractivity contribution in [3.63, 3.8) is 0 Å². The van der Waals surface area contributed by atoms with Crippen molar-refractivity contribution in [2.75, 3.05) is 12.3 Å². The molecule has 0 aliphatic rings. The molecule has 10 nitrogen and oxygen atoms in total. The maximum absolute atomic E-state index is 12.2. The van der Waals surface area contributed by atoms with Crippen LogP contribution >= 0.6 is 0 Å². The Morgan fingerprint density at radius 1 is 1.36 bits per heavy atom. The lowest BCUT2D eigenvalue weighted by molar-refractivity contribution is 0.0956. The number of hydrogen-bond donors (Lipinski definition) is 2. The SMILES string of the molecule is Cc1noc(C)c1C(=O)NCC#Cc1cn2nc(-c3ccco3)nc2c(N)n1. The molecule has 0 atom stereocenters. The summed E-state index contributed by atoms with van der Waals surface area (Å²) in [6.07, 6.45) is 3.14. The summed E-state index contributed by atoms with van der Waals surface area (Å²) >= 11 is 0. The van der Waals surface area contributed by atoms with Gasteiger partial charge in [-0.3, -0.25) is 4.79 Å². The lowest BCUT2D eigenvalue weighted by Gasteiger charge is -1.99.